The molecule has 386 valence electrons. The van der Waals surface area contributed by atoms with Gasteiger partial charge in [-0.25, -0.2) is 0 Å². The van der Waals surface area contributed by atoms with Gasteiger partial charge in [-0.3, -0.25) is 9.59 Å². The summed E-state index contributed by atoms with van der Waals surface area (Å²) < 4.78 is 5.47. The normalized spacial score (nSPS) is 12.6. The standard InChI is InChI=1S/C59H115NO5/c1-3-5-7-9-11-13-15-17-18-19-21-24-28-31-35-39-43-47-51-57(62)56(55-61)60-58(63)52-48-44-40-36-32-29-25-22-20-23-26-30-34-38-42-46-50-54-65-59(64)53-49-45-41-37-33-27-16-14-12-10-8-6-4-2/h14,16,56-57,61-62H,3-13,15,17-55H2,1-2H3,(H,60,63)/b16-14-. The predicted molar refractivity (Wildman–Crippen MR) is 283 cm³/mol. The topological polar surface area (TPSA) is 95.9 Å². The van der Waals surface area contributed by atoms with Gasteiger partial charge in [0.2, 0.25) is 5.91 Å². The van der Waals surface area contributed by atoms with Crippen molar-refractivity contribution in [3.63, 3.8) is 0 Å². The summed E-state index contributed by atoms with van der Waals surface area (Å²) in [5.41, 5.74) is 0. The van der Waals surface area contributed by atoms with Crippen LogP contribution in [-0.2, 0) is 14.3 Å². The lowest BCUT2D eigenvalue weighted by molar-refractivity contribution is -0.143. The quantitative estimate of drug-likeness (QED) is 0.0321. The second-order valence-electron chi connectivity index (χ2n) is 20.3. The zero-order valence-electron chi connectivity index (χ0n) is 44.0. The van der Waals surface area contributed by atoms with Gasteiger partial charge in [-0.2, -0.15) is 0 Å². The SMILES string of the molecule is CCCCCC/C=C\CCCCCCCC(=O)OCCCCCCCCCCCCCCCCCCCC(=O)NC(CO)C(O)CCCCCCCCCCCCCCCCCCCC. The fourth-order valence-electron chi connectivity index (χ4n) is 9.28. The number of ether oxygens (including phenoxy) is 1. The molecule has 2 atom stereocenters. The van der Waals surface area contributed by atoms with E-state index in [0.717, 1.165) is 44.9 Å². The van der Waals surface area contributed by atoms with Crippen LogP contribution in [0.4, 0.5) is 0 Å². The Balaban J connectivity index is 3.42. The lowest BCUT2D eigenvalue weighted by Gasteiger charge is -2.22. The first kappa shape index (κ1) is 63.6. The van der Waals surface area contributed by atoms with E-state index in [2.05, 4.69) is 31.3 Å². The maximum Gasteiger partial charge on any atom is 0.305 e. The zero-order chi connectivity index (χ0) is 47.2. The molecule has 6 heteroatoms. The van der Waals surface area contributed by atoms with E-state index >= 15 is 0 Å². The molecule has 0 saturated carbocycles. The van der Waals surface area contributed by atoms with E-state index < -0.39 is 12.1 Å². The molecule has 0 fully saturated rings. The van der Waals surface area contributed by atoms with Crippen LogP contribution < -0.4 is 5.32 Å². The smallest absolute Gasteiger partial charge is 0.305 e. The molecule has 0 aromatic carbocycles. The van der Waals surface area contributed by atoms with Crippen LogP contribution in [-0.4, -0.2) is 47.4 Å². The van der Waals surface area contributed by atoms with Crippen molar-refractivity contribution in [2.75, 3.05) is 13.2 Å². The summed E-state index contributed by atoms with van der Waals surface area (Å²) in [7, 11) is 0. The van der Waals surface area contributed by atoms with Gasteiger partial charge in [-0.15, -0.1) is 0 Å². The summed E-state index contributed by atoms with van der Waals surface area (Å²) >= 11 is 0. The molecule has 3 N–H and O–H groups in total. The van der Waals surface area contributed by atoms with Gasteiger partial charge >= 0.3 is 5.97 Å². The summed E-state index contributed by atoms with van der Waals surface area (Å²) in [5.74, 6) is -0.0407. The molecule has 0 saturated heterocycles. The molecule has 0 aliphatic rings. The number of aliphatic hydroxyl groups is 2. The first-order valence-corrected chi connectivity index (χ1v) is 29.4. The number of rotatable bonds is 55. The largest absolute Gasteiger partial charge is 0.466 e. The van der Waals surface area contributed by atoms with Crippen molar-refractivity contribution < 1.29 is 24.5 Å². The zero-order valence-corrected chi connectivity index (χ0v) is 44.0. The van der Waals surface area contributed by atoms with Crippen molar-refractivity contribution in [1.29, 1.82) is 0 Å². The van der Waals surface area contributed by atoms with Crippen LogP contribution >= 0.6 is 0 Å². The Hall–Kier alpha value is -1.40. The van der Waals surface area contributed by atoms with Gasteiger partial charge in [0.1, 0.15) is 0 Å². The Morgan fingerprint density at radius 3 is 1.11 bits per heavy atom. The van der Waals surface area contributed by atoms with Crippen LogP contribution in [0.15, 0.2) is 12.2 Å². The number of nitrogens with one attached hydrogen (secondary N) is 1. The third-order valence-corrected chi connectivity index (χ3v) is 13.8. The second kappa shape index (κ2) is 55.2. The minimum absolute atomic E-state index is 0.00314. The van der Waals surface area contributed by atoms with Gasteiger partial charge in [-0.05, 0) is 51.4 Å². The number of unbranched alkanes of at least 4 members (excludes halogenated alkanes) is 42. The molecule has 0 aromatic rings. The lowest BCUT2D eigenvalue weighted by atomic mass is 10.0. The first-order chi connectivity index (χ1) is 32.0. The highest BCUT2D eigenvalue weighted by molar-refractivity contribution is 5.76. The fourth-order valence-corrected chi connectivity index (χ4v) is 9.28. The third kappa shape index (κ3) is 51.8. The van der Waals surface area contributed by atoms with E-state index in [1.165, 1.54) is 250 Å². The third-order valence-electron chi connectivity index (χ3n) is 13.8. The van der Waals surface area contributed by atoms with E-state index in [-0.39, 0.29) is 18.5 Å². The molecule has 0 aliphatic carbocycles. The summed E-state index contributed by atoms with van der Waals surface area (Å²) in [6.07, 6.45) is 64.8. The van der Waals surface area contributed by atoms with Crippen LogP contribution in [0.3, 0.4) is 0 Å². The molecular weight excluding hydrogens is 803 g/mol. The molecule has 6 nitrogen and oxygen atoms in total. The summed E-state index contributed by atoms with van der Waals surface area (Å²) in [4.78, 5) is 24.5. The highest BCUT2D eigenvalue weighted by Crippen LogP contribution is 2.18. The monoisotopic (exact) mass is 918 g/mol. The second-order valence-corrected chi connectivity index (χ2v) is 20.3. The molecule has 0 radical (unpaired) electrons. The van der Waals surface area contributed by atoms with Gasteiger partial charge in [0.05, 0.1) is 25.4 Å². The number of hydrogen-bond acceptors (Lipinski definition) is 5. The minimum atomic E-state index is -0.668. The van der Waals surface area contributed by atoms with E-state index in [4.69, 9.17) is 4.74 Å². The maximum atomic E-state index is 12.5. The molecule has 0 spiro atoms. The van der Waals surface area contributed by atoms with Crippen molar-refractivity contribution in [2.45, 2.75) is 341 Å². The van der Waals surface area contributed by atoms with Crippen molar-refractivity contribution in [3.05, 3.63) is 12.2 Å². The molecular formula is C59H115NO5. The van der Waals surface area contributed by atoms with Gasteiger partial charge < -0.3 is 20.3 Å². The Morgan fingerprint density at radius 2 is 0.723 bits per heavy atom. The van der Waals surface area contributed by atoms with Gasteiger partial charge in [0, 0.05) is 12.8 Å². The van der Waals surface area contributed by atoms with Crippen molar-refractivity contribution >= 4 is 11.9 Å². The van der Waals surface area contributed by atoms with E-state index in [1.54, 1.807) is 0 Å². The molecule has 65 heavy (non-hydrogen) atoms. The summed E-state index contributed by atoms with van der Waals surface area (Å²) in [6, 6.07) is -0.545. The molecule has 0 aliphatic heterocycles. The van der Waals surface area contributed by atoms with E-state index in [0.29, 0.717) is 25.9 Å². The van der Waals surface area contributed by atoms with Crippen molar-refractivity contribution in [1.82, 2.24) is 5.32 Å². The van der Waals surface area contributed by atoms with Crippen LogP contribution in [0.5, 0.6) is 0 Å². The van der Waals surface area contributed by atoms with Crippen LogP contribution in [0, 0.1) is 0 Å². The molecule has 0 heterocycles. The Labute approximate surface area is 406 Å². The van der Waals surface area contributed by atoms with E-state index in [1.807, 2.05) is 0 Å². The molecule has 0 bridgehead atoms. The van der Waals surface area contributed by atoms with Crippen molar-refractivity contribution in [3.8, 4) is 0 Å². The number of allylic oxidation sites excluding steroid dienone is 2. The Morgan fingerprint density at radius 1 is 0.415 bits per heavy atom. The number of aliphatic hydroxyl groups excluding tert-OH is 2. The predicted octanol–water partition coefficient (Wildman–Crippen LogP) is 18.1. The first-order valence-electron chi connectivity index (χ1n) is 29.4. The number of hydrogen-bond donors (Lipinski definition) is 3. The number of carbonyl (C=O) groups excluding carboxylic acids is 2. The number of carbonyl (C=O) groups is 2. The van der Waals surface area contributed by atoms with Crippen molar-refractivity contribution in [2.24, 2.45) is 0 Å². The average molecular weight is 919 g/mol. The maximum absolute atomic E-state index is 12.5. The average Bonchev–Trinajstić information content (AvgIpc) is 3.31. The number of esters is 1. The summed E-state index contributed by atoms with van der Waals surface area (Å²) in [6.45, 7) is 4.95. The van der Waals surface area contributed by atoms with E-state index in [9.17, 15) is 19.8 Å². The molecule has 0 rings (SSSR count). The Bertz CT molecular complexity index is 970. The molecule has 2 unspecified atom stereocenters. The van der Waals surface area contributed by atoms with Gasteiger partial charge in [0.25, 0.3) is 0 Å². The number of amides is 1. The minimum Gasteiger partial charge on any atom is -0.466 e. The molecule has 1 amide bonds. The van der Waals surface area contributed by atoms with Crippen LogP contribution in [0.1, 0.15) is 328 Å². The Kier molecular flexibility index (Phi) is 54.0. The highest BCUT2D eigenvalue weighted by atomic mass is 16.5. The highest BCUT2D eigenvalue weighted by Gasteiger charge is 2.20. The molecule has 0 aromatic heterocycles. The van der Waals surface area contributed by atoms with Crippen LogP contribution in [0.2, 0.25) is 0 Å². The van der Waals surface area contributed by atoms with Crippen LogP contribution in [0.25, 0.3) is 0 Å². The lowest BCUT2D eigenvalue weighted by Crippen LogP contribution is -2.45. The fraction of sp³-hybridized carbons (Fsp3) is 0.932. The summed E-state index contributed by atoms with van der Waals surface area (Å²) in [5, 5.41) is 23.3. The van der Waals surface area contributed by atoms with Gasteiger partial charge in [0.15, 0.2) is 0 Å². The van der Waals surface area contributed by atoms with Gasteiger partial charge in [-0.1, -0.05) is 276 Å².